The predicted molar refractivity (Wildman–Crippen MR) is 124 cm³/mol. The maximum Gasteiger partial charge on any atom is 0.197 e. The highest BCUT2D eigenvalue weighted by Gasteiger charge is 2.41. The average Bonchev–Trinajstić information content (AvgIpc) is 3.34. The van der Waals surface area contributed by atoms with Gasteiger partial charge in [0.2, 0.25) is 0 Å². The van der Waals surface area contributed by atoms with Crippen LogP contribution in [0.2, 0.25) is 0 Å². The van der Waals surface area contributed by atoms with E-state index in [-0.39, 0.29) is 0 Å². The third-order valence-corrected chi connectivity index (χ3v) is 6.36. The Labute approximate surface area is 179 Å². The standard InChI is InChI=1S/C27H29N3/c1-4-10-22(11-5-1)16-17-29-26(19-24-14-8-3-9-15-24)21-30-25(20-28-27(29)30)18-23-12-6-2-7-13-23/h1-15,25-26H,16-21H2. The minimum absolute atomic E-state index is 0.474. The summed E-state index contributed by atoms with van der Waals surface area (Å²) in [4.78, 5) is 10.2. The molecule has 30 heavy (non-hydrogen) atoms. The second-order valence-corrected chi connectivity index (χ2v) is 8.41. The Morgan fingerprint density at radius 1 is 0.667 bits per heavy atom. The van der Waals surface area contributed by atoms with E-state index >= 15 is 0 Å². The Balaban J connectivity index is 1.33. The minimum Gasteiger partial charge on any atom is -0.337 e. The summed E-state index contributed by atoms with van der Waals surface area (Å²) >= 11 is 0. The largest absolute Gasteiger partial charge is 0.337 e. The van der Waals surface area contributed by atoms with Crippen LogP contribution in [0.1, 0.15) is 16.7 Å². The molecule has 0 spiro atoms. The van der Waals surface area contributed by atoms with Gasteiger partial charge in [-0.2, -0.15) is 0 Å². The topological polar surface area (TPSA) is 18.8 Å². The fourth-order valence-corrected chi connectivity index (χ4v) is 4.81. The van der Waals surface area contributed by atoms with E-state index in [1.165, 1.54) is 22.6 Å². The number of hydrogen-bond donors (Lipinski definition) is 0. The molecule has 1 fully saturated rings. The number of benzene rings is 3. The summed E-state index contributed by atoms with van der Waals surface area (Å²) in [6.07, 6.45) is 3.20. The molecule has 0 radical (unpaired) electrons. The van der Waals surface area contributed by atoms with Gasteiger partial charge >= 0.3 is 0 Å². The normalized spacial score (nSPS) is 20.3. The van der Waals surface area contributed by atoms with E-state index in [1.54, 1.807) is 0 Å². The summed E-state index contributed by atoms with van der Waals surface area (Å²) in [5.41, 5.74) is 4.21. The van der Waals surface area contributed by atoms with E-state index in [1.807, 2.05) is 0 Å². The van der Waals surface area contributed by atoms with Crippen molar-refractivity contribution in [2.75, 3.05) is 19.6 Å². The van der Waals surface area contributed by atoms with Crippen LogP contribution in [-0.2, 0) is 19.3 Å². The van der Waals surface area contributed by atoms with Crippen LogP contribution in [-0.4, -0.2) is 47.5 Å². The van der Waals surface area contributed by atoms with Crippen LogP contribution in [0.4, 0.5) is 0 Å². The molecule has 2 aliphatic rings. The number of nitrogens with zero attached hydrogens (tertiary/aromatic N) is 3. The lowest BCUT2D eigenvalue weighted by molar-refractivity contribution is 0.315. The molecule has 3 heteroatoms. The number of guanidine groups is 1. The molecular formula is C27H29N3. The third-order valence-electron chi connectivity index (χ3n) is 6.36. The molecule has 3 aromatic carbocycles. The first-order valence-electron chi connectivity index (χ1n) is 11.1. The molecule has 0 aromatic heterocycles. The van der Waals surface area contributed by atoms with E-state index in [0.29, 0.717) is 12.1 Å². The van der Waals surface area contributed by atoms with Crippen LogP contribution in [0, 0.1) is 0 Å². The number of fused-ring (bicyclic) bond motifs is 1. The molecule has 5 rings (SSSR count). The lowest BCUT2D eigenvalue weighted by atomic mass is 10.0. The fourth-order valence-electron chi connectivity index (χ4n) is 4.81. The van der Waals surface area contributed by atoms with Gasteiger partial charge in [0.1, 0.15) is 0 Å². The van der Waals surface area contributed by atoms with Gasteiger partial charge in [0, 0.05) is 13.1 Å². The van der Waals surface area contributed by atoms with Gasteiger partial charge in [-0.25, -0.2) is 0 Å². The SMILES string of the molecule is c1ccc(CCN2C3=NCC(Cc4ccccc4)N3CC2Cc2ccccc2)cc1. The Bertz CT molecular complexity index is 969. The molecule has 2 unspecified atom stereocenters. The molecule has 1 saturated heterocycles. The van der Waals surface area contributed by atoms with Crippen molar-refractivity contribution >= 4 is 5.96 Å². The van der Waals surface area contributed by atoms with Crippen LogP contribution >= 0.6 is 0 Å². The van der Waals surface area contributed by atoms with Crippen LogP contribution in [0.5, 0.6) is 0 Å². The smallest absolute Gasteiger partial charge is 0.197 e. The van der Waals surface area contributed by atoms with E-state index in [9.17, 15) is 0 Å². The highest BCUT2D eigenvalue weighted by atomic mass is 15.5. The van der Waals surface area contributed by atoms with Gasteiger partial charge < -0.3 is 9.80 Å². The first-order chi connectivity index (χ1) is 14.9. The molecule has 0 amide bonds. The van der Waals surface area contributed by atoms with Crippen molar-refractivity contribution in [1.82, 2.24) is 9.80 Å². The lowest BCUT2D eigenvalue weighted by Crippen LogP contribution is -2.38. The fraction of sp³-hybridized carbons (Fsp3) is 0.296. The van der Waals surface area contributed by atoms with Crippen LogP contribution in [0.15, 0.2) is 96.0 Å². The summed E-state index contributed by atoms with van der Waals surface area (Å²) in [5, 5.41) is 0. The van der Waals surface area contributed by atoms with Crippen LogP contribution in [0.3, 0.4) is 0 Å². The van der Waals surface area contributed by atoms with Crippen molar-refractivity contribution in [1.29, 1.82) is 0 Å². The Morgan fingerprint density at radius 3 is 1.80 bits per heavy atom. The van der Waals surface area contributed by atoms with Crippen molar-refractivity contribution in [3.63, 3.8) is 0 Å². The predicted octanol–water partition coefficient (Wildman–Crippen LogP) is 4.44. The lowest BCUT2D eigenvalue weighted by Gasteiger charge is -2.25. The highest BCUT2D eigenvalue weighted by Crippen LogP contribution is 2.28. The van der Waals surface area contributed by atoms with Gasteiger partial charge in [0.25, 0.3) is 0 Å². The van der Waals surface area contributed by atoms with Crippen molar-refractivity contribution < 1.29 is 0 Å². The molecule has 0 aliphatic carbocycles. The Kier molecular flexibility index (Phi) is 5.52. The summed E-state index contributed by atoms with van der Waals surface area (Å²) in [6.45, 7) is 3.00. The zero-order valence-electron chi connectivity index (χ0n) is 17.4. The van der Waals surface area contributed by atoms with E-state index < -0.39 is 0 Å². The molecular weight excluding hydrogens is 366 g/mol. The molecule has 3 nitrogen and oxygen atoms in total. The molecule has 2 aliphatic heterocycles. The maximum atomic E-state index is 5.03. The van der Waals surface area contributed by atoms with Gasteiger partial charge in [-0.05, 0) is 36.0 Å². The van der Waals surface area contributed by atoms with Gasteiger partial charge in [-0.3, -0.25) is 4.99 Å². The van der Waals surface area contributed by atoms with E-state index in [2.05, 4.69) is 101 Å². The zero-order chi connectivity index (χ0) is 20.2. The number of rotatable bonds is 7. The van der Waals surface area contributed by atoms with Gasteiger partial charge in [0.05, 0.1) is 18.6 Å². The summed E-state index contributed by atoms with van der Waals surface area (Å²) in [7, 11) is 0. The van der Waals surface area contributed by atoms with Gasteiger partial charge in [-0.15, -0.1) is 0 Å². The first kappa shape index (κ1) is 18.9. The Morgan fingerprint density at radius 2 is 1.20 bits per heavy atom. The summed E-state index contributed by atoms with van der Waals surface area (Å²) in [6, 6.07) is 33.5. The van der Waals surface area contributed by atoms with Crippen LogP contribution < -0.4 is 0 Å². The number of hydrogen-bond acceptors (Lipinski definition) is 3. The van der Waals surface area contributed by atoms with Crippen molar-refractivity contribution in [3.8, 4) is 0 Å². The second kappa shape index (κ2) is 8.74. The van der Waals surface area contributed by atoms with Crippen molar-refractivity contribution in [2.45, 2.75) is 31.3 Å². The Hall–Kier alpha value is -3.07. The molecule has 0 saturated carbocycles. The molecule has 2 atom stereocenters. The molecule has 3 aromatic rings. The van der Waals surface area contributed by atoms with E-state index in [4.69, 9.17) is 4.99 Å². The summed E-state index contributed by atoms with van der Waals surface area (Å²) in [5.74, 6) is 1.22. The molecule has 0 bridgehead atoms. The average molecular weight is 396 g/mol. The monoisotopic (exact) mass is 395 g/mol. The minimum atomic E-state index is 0.474. The van der Waals surface area contributed by atoms with Gasteiger partial charge in [0.15, 0.2) is 5.96 Å². The summed E-state index contributed by atoms with van der Waals surface area (Å²) < 4.78 is 0. The third kappa shape index (κ3) is 4.11. The molecule has 152 valence electrons. The van der Waals surface area contributed by atoms with Gasteiger partial charge in [-0.1, -0.05) is 91.0 Å². The van der Waals surface area contributed by atoms with E-state index in [0.717, 1.165) is 38.9 Å². The maximum absolute atomic E-state index is 5.03. The number of aliphatic imine (C=N–C) groups is 1. The molecule has 2 heterocycles. The van der Waals surface area contributed by atoms with Crippen molar-refractivity contribution in [2.24, 2.45) is 4.99 Å². The van der Waals surface area contributed by atoms with Crippen molar-refractivity contribution in [3.05, 3.63) is 108 Å². The highest BCUT2D eigenvalue weighted by molar-refractivity contribution is 5.84. The first-order valence-corrected chi connectivity index (χ1v) is 11.1. The molecule has 0 N–H and O–H groups in total. The van der Waals surface area contributed by atoms with Crippen LogP contribution in [0.25, 0.3) is 0 Å². The zero-order valence-corrected chi connectivity index (χ0v) is 17.4. The second-order valence-electron chi connectivity index (χ2n) is 8.41. The quantitative estimate of drug-likeness (QED) is 0.589.